The van der Waals surface area contributed by atoms with Crippen LogP contribution in [0.15, 0.2) is 97.1 Å². The minimum atomic E-state index is 0.0754. The molecule has 0 radical (unpaired) electrons. The van der Waals surface area contributed by atoms with E-state index in [1.165, 1.54) is 22.3 Å². The number of methoxy groups -OCH3 is 4. The highest BCUT2D eigenvalue weighted by atomic mass is 16.5. The van der Waals surface area contributed by atoms with Crippen LogP contribution in [0.25, 0.3) is 22.7 Å². The Bertz CT molecular complexity index is 1450. The molecule has 0 aromatic heterocycles. The van der Waals surface area contributed by atoms with Crippen molar-refractivity contribution in [1.29, 1.82) is 0 Å². The highest BCUT2D eigenvalue weighted by Crippen LogP contribution is 2.58. The van der Waals surface area contributed by atoms with E-state index >= 15 is 0 Å². The Morgan fingerprint density at radius 3 is 1.23 bits per heavy atom. The normalized spacial score (nSPS) is 17.6. The van der Waals surface area contributed by atoms with Crippen molar-refractivity contribution >= 4 is 22.7 Å². The average molecular weight is 517 g/mol. The lowest BCUT2D eigenvalue weighted by molar-refractivity contribution is 0.364. The maximum absolute atomic E-state index is 6.14. The van der Waals surface area contributed by atoms with Crippen LogP contribution < -0.4 is 9.47 Å². The first-order valence-electron chi connectivity index (χ1n) is 13.2. The Morgan fingerprint density at radius 1 is 0.462 bits per heavy atom. The van der Waals surface area contributed by atoms with Gasteiger partial charge in [0.15, 0.2) is 0 Å². The third-order valence-corrected chi connectivity index (χ3v) is 8.00. The molecule has 4 aromatic carbocycles. The van der Waals surface area contributed by atoms with E-state index in [9.17, 15) is 0 Å². The second-order valence-corrected chi connectivity index (χ2v) is 9.82. The van der Waals surface area contributed by atoms with Gasteiger partial charge in [-0.15, -0.1) is 0 Å². The van der Waals surface area contributed by atoms with Gasteiger partial charge in [-0.1, -0.05) is 84.9 Å². The summed E-state index contributed by atoms with van der Waals surface area (Å²) in [5.41, 5.74) is 9.17. The van der Waals surface area contributed by atoms with Crippen LogP contribution in [0.1, 0.15) is 51.6 Å². The van der Waals surface area contributed by atoms with E-state index < -0.39 is 0 Å². The number of rotatable bonds is 8. The molecule has 2 unspecified atom stereocenters. The summed E-state index contributed by atoms with van der Waals surface area (Å²) in [5, 5.41) is 0. The lowest BCUT2D eigenvalue weighted by Crippen LogP contribution is -2.08. The summed E-state index contributed by atoms with van der Waals surface area (Å²) in [6.07, 6.45) is 0.828. The summed E-state index contributed by atoms with van der Waals surface area (Å²) in [6, 6.07) is 33.7. The second kappa shape index (κ2) is 10.4. The van der Waals surface area contributed by atoms with Crippen LogP contribution in [0, 0.1) is 0 Å². The number of hydrogen-bond donors (Lipinski definition) is 0. The first-order valence-corrected chi connectivity index (χ1v) is 13.2. The van der Waals surface area contributed by atoms with Gasteiger partial charge in [0.1, 0.15) is 23.0 Å². The molecule has 0 aliphatic heterocycles. The summed E-state index contributed by atoms with van der Waals surface area (Å²) in [7, 11) is 6.95. The average Bonchev–Trinajstić information content (AvgIpc) is 3.50. The van der Waals surface area contributed by atoms with Gasteiger partial charge in [-0.25, -0.2) is 0 Å². The fraction of sp³-hybridized carbons (Fsp3) is 0.200. The number of hydrogen-bond acceptors (Lipinski definition) is 4. The van der Waals surface area contributed by atoms with Gasteiger partial charge in [0.25, 0.3) is 0 Å². The van der Waals surface area contributed by atoms with Crippen molar-refractivity contribution in [3.05, 3.63) is 130 Å². The zero-order valence-electron chi connectivity index (χ0n) is 22.7. The molecule has 0 heterocycles. The van der Waals surface area contributed by atoms with Crippen molar-refractivity contribution in [2.75, 3.05) is 28.4 Å². The van der Waals surface area contributed by atoms with E-state index in [1.54, 1.807) is 28.4 Å². The van der Waals surface area contributed by atoms with Gasteiger partial charge >= 0.3 is 0 Å². The molecule has 0 amide bonds. The Morgan fingerprint density at radius 2 is 0.872 bits per heavy atom. The molecule has 0 saturated heterocycles. The van der Waals surface area contributed by atoms with E-state index in [4.69, 9.17) is 18.9 Å². The maximum Gasteiger partial charge on any atom is 0.134 e. The van der Waals surface area contributed by atoms with Crippen LogP contribution in [-0.4, -0.2) is 28.4 Å². The third kappa shape index (κ3) is 3.99. The molecule has 0 N–H and O–H groups in total. The van der Waals surface area contributed by atoms with E-state index in [1.807, 2.05) is 12.1 Å². The molecular formula is C35H32O4. The van der Waals surface area contributed by atoms with E-state index in [0.717, 1.165) is 51.7 Å². The quantitative estimate of drug-likeness (QED) is 0.238. The molecule has 2 atom stereocenters. The molecule has 0 spiro atoms. The van der Waals surface area contributed by atoms with Crippen LogP contribution in [0.2, 0.25) is 0 Å². The summed E-state index contributed by atoms with van der Waals surface area (Å²) in [4.78, 5) is 0. The van der Waals surface area contributed by atoms with Gasteiger partial charge in [-0.3, -0.25) is 0 Å². The minimum Gasteiger partial charge on any atom is -0.496 e. The van der Waals surface area contributed by atoms with Crippen molar-refractivity contribution in [2.24, 2.45) is 0 Å². The highest BCUT2D eigenvalue weighted by Gasteiger charge is 2.42. The van der Waals surface area contributed by atoms with Gasteiger partial charge in [0.05, 0.1) is 39.6 Å². The van der Waals surface area contributed by atoms with E-state index in [-0.39, 0.29) is 11.8 Å². The molecule has 6 rings (SSSR count). The molecule has 4 heteroatoms. The molecule has 4 nitrogen and oxygen atoms in total. The van der Waals surface area contributed by atoms with Crippen LogP contribution in [0.3, 0.4) is 0 Å². The Hall–Kier alpha value is -4.44. The van der Waals surface area contributed by atoms with Crippen molar-refractivity contribution in [2.45, 2.75) is 18.3 Å². The topological polar surface area (TPSA) is 36.9 Å². The number of allylic oxidation sites excluding steroid dienone is 2. The largest absolute Gasteiger partial charge is 0.496 e. The van der Waals surface area contributed by atoms with Crippen molar-refractivity contribution in [3.8, 4) is 11.5 Å². The third-order valence-electron chi connectivity index (χ3n) is 8.00. The van der Waals surface area contributed by atoms with Gasteiger partial charge in [0, 0.05) is 23.0 Å². The summed E-state index contributed by atoms with van der Waals surface area (Å²) < 4.78 is 24.0. The van der Waals surface area contributed by atoms with Crippen LogP contribution in [0.5, 0.6) is 11.5 Å². The molecule has 0 saturated carbocycles. The fourth-order valence-corrected chi connectivity index (χ4v) is 6.45. The van der Waals surface area contributed by atoms with E-state index in [0.29, 0.717) is 0 Å². The number of benzene rings is 4. The molecule has 2 aliphatic rings. The summed E-state index contributed by atoms with van der Waals surface area (Å²) >= 11 is 0. The monoisotopic (exact) mass is 516 g/mol. The lowest BCUT2D eigenvalue weighted by atomic mass is 9.78. The Kier molecular flexibility index (Phi) is 6.62. The molecule has 2 aliphatic carbocycles. The van der Waals surface area contributed by atoms with Crippen molar-refractivity contribution in [3.63, 3.8) is 0 Å². The molecular weight excluding hydrogens is 484 g/mol. The first-order chi connectivity index (χ1) is 19.2. The second-order valence-electron chi connectivity index (χ2n) is 9.82. The zero-order chi connectivity index (χ0) is 26.9. The molecule has 39 heavy (non-hydrogen) atoms. The smallest absolute Gasteiger partial charge is 0.134 e. The predicted molar refractivity (Wildman–Crippen MR) is 157 cm³/mol. The van der Waals surface area contributed by atoms with Gasteiger partial charge < -0.3 is 18.9 Å². The van der Waals surface area contributed by atoms with Gasteiger partial charge in [-0.2, -0.15) is 0 Å². The Balaban J connectivity index is 1.58. The molecule has 196 valence electrons. The SMILES string of the molecule is COC1=C(c2ccccc2)C(CC2C(c3ccccc3)=C(OC)c3c(OC)cccc32)c2cccc(OC)c21. The first kappa shape index (κ1) is 24.9. The van der Waals surface area contributed by atoms with Gasteiger partial charge in [0.2, 0.25) is 0 Å². The fourth-order valence-electron chi connectivity index (χ4n) is 6.45. The summed E-state index contributed by atoms with van der Waals surface area (Å²) in [5.74, 6) is 3.55. The van der Waals surface area contributed by atoms with Crippen LogP contribution in [-0.2, 0) is 9.47 Å². The minimum absolute atomic E-state index is 0.0754. The Labute approximate surface area is 230 Å². The maximum atomic E-state index is 6.14. The predicted octanol–water partition coefficient (Wildman–Crippen LogP) is 8.02. The van der Waals surface area contributed by atoms with Crippen molar-refractivity contribution < 1.29 is 18.9 Å². The standard InChI is InChI=1S/C35H32O4/c1-36-28-19-11-17-24-26(30(34(38-3)32(24)28)22-13-7-5-8-14-22)21-27-25-18-12-20-29(37-2)33(25)35(39-4)31(27)23-15-9-6-10-16-23/h5-20,26-27H,21H2,1-4H3. The zero-order valence-corrected chi connectivity index (χ0v) is 22.7. The number of ether oxygens (including phenoxy) is 4. The van der Waals surface area contributed by atoms with E-state index in [2.05, 4.69) is 84.9 Å². The molecule has 4 aromatic rings. The number of fused-ring (bicyclic) bond motifs is 2. The highest BCUT2D eigenvalue weighted by molar-refractivity contribution is 6.01. The van der Waals surface area contributed by atoms with Crippen molar-refractivity contribution in [1.82, 2.24) is 0 Å². The molecule has 0 fully saturated rings. The summed E-state index contributed by atoms with van der Waals surface area (Å²) in [6.45, 7) is 0. The van der Waals surface area contributed by atoms with Crippen LogP contribution in [0.4, 0.5) is 0 Å². The van der Waals surface area contributed by atoms with Gasteiger partial charge in [-0.05, 0) is 40.8 Å². The lowest BCUT2D eigenvalue weighted by Gasteiger charge is -2.24. The molecule has 0 bridgehead atoms. The van der Waals surface area contributed by atoms with Crippen LogP contribution >= 0.6 is 0 Å².